The molecular formula is C14H13BrClNO2. The van der Waals surface area contributed by atoms with E-state index in [0.717, 1.165) is 17.0 Å². The zero-order chi connectivity index (χ0) is 14.0. The van der Waals surface area contributed by atoms with E-state index in [9.17, 15) is 4.79 Å². The lowest BCUT2D eigenvalue weighted by atomic mass is 10.2. The molecule has 2 rings (SSSR count). The van der Waals surface area contributed by atoms with Crippen molar-refractivity contribution < 1.29 is 4.74 Å². The topological polar surface area (TPSA) is 31.2 Å². The normalized spacial score (nSPS) is 10.5. The molecule has 5 heteroatoms. The fraction of sp³-hybridized carbons (Fsp3) is 0.214. The SMILES string of the molecule is CCOc1ccc(-n2cc(Br)c(Cl)cc2=O)c(C)c1. The van der Waals surface area contributed by atoms with Gasteiger partial charge in [-0.25, -0.2) is 0 Å². The van der Waals surface area contributed by atoms with Crippen molar-refractivity contribution in [3.05, 3.63) is 55.9 Å². The molecule has 0 atom stereocenters. The summed E-state index contributed by atoms with van der Waals surface area (Å²) in [5.41, 5.74) is 1.61. The van der Waals surface area contributed by atoms with Crippen molar-refractivity contribution in [2.75, 3.05) is 6.61 Å². The van der Waals surface area contributed by atoms with Crippen molar-refractivity contribution in [1.29, 1.82) is 0 Å². The Morgan fingerprint density at radius 3 is 2.74 bits per heavy atom. The number of aryl methyl sites for hydroxylation is 1. The molecule has 0 fully saturated rings. The average Bonchev–Trinajstić information content (AvgIpc) is 2.35. The van der Waals surface area contributed by atoms with Crippen molar-refractivity contribution >= 4 is 27.5 Å². The van der Waals surface area contributed by atoms with Gasteiger partial charge in [0.05, 0.1) is 21.8 Å². The highest BCUT2D eigenvalue weighted by molar-refractivity contribution is 9.10. The molecule has 0 N–H and O–H groups in total. The Kier molecular flexibility index (Phi) is 4.32. The molecular weight excluding hydrogens is 330 g/mol. The summed E-state index contributed by atoms with van der Waals surface area (Å²) < 4.78 is 7.67. The van der Waals surface area contributed by atoms with E-state index < -0.39 is 0 Å². The minimum absolute atomic E-state index is 0.166. The maximum atomic E-state index is 12.0. The van der Waals surface area contributed by atoms with Crippen LogP contribution in [0.1, 0.15) is 12.5 Å². The molecule has 100 valence electrons. The lowest BCUT2D eigenvalue weighted by Crippen LogP contribution is -2.17. The fourth-order valence-corrected chi connectivity index (χ4v) is 2.29. The van der Waals surface area contributed by atoms with Crippen LogP contribution in [0.5, 0.6) is 5.75 Å². The van der Waals surface area contributed by atoms with Crippen LogP contribution in [0.15, 0.2) is 39.7 Å². The molecule has 1 aromatic carbocycles. The molecule has 0 spiro atoms. The number of nitrogens with zero attached hydrogens (tertiary/aromatic N) is 1. The molecule has 19 heavy (non-hydrogen) atoms. The van der Waals surface area contributed by atoms with Crippen LogP contribution in [0.25, 0.3) is 5.69 Å². The molecule has 0 unspecified atom stereocenters. The molecule has 0 aliphatic rings. The number of benzene rings is 1. The second-order valence-electron chi connectivity index (χ2n) is 4.06. The van der Waals surface area contributed by atoms with Gasteiger partial charge in [-0.05, 0) is 53.5 Å². The van der Waals surface area contributed by atoms with Crippen LogP contribution in [-0.2, 0) is 0 Å². The Balaban J connectivity index is 2.53. The van der Waals surface area contributed by atoms with Gasteiger partial charge in [0.25, 0.3) is 5.56 Å². The molecule has 2 aromatic rings. The predicted molar refractivity (Wildman–Crippen MR) is 80.7 cm³/mol. The molecule has 0 radical (unpaired) electrons. The van der Waals surface area contributed by atoms with Gasteiger partial charge < -0.3 is 4.74 Å². The van der Waals surface area contributed by atoms with Crippen LogP contribution in [-0.4, -0.2) is 11.2 Å². The van der Waals surface area contributed by atoms with Crippen molar-refractivity contribution in [2.45, 2.75) is 13.8 Å². The molecule has 1 aromatic heterocycles. The monoisotopic (exact) mass is 341 g/mol. The Bertz CT molecular complexity index is 667. The first kappa shape index (κ1) is 14.2. The predicted octanol–water partition coefficient (Wildman–Crippen LogP) is 3.96. The Hall–Kier alpha value is -1.26. The summed E-state index contributed by atoms with van der Waals surface area (Å²) in [6.45, 7) is 4.49. The minimum Gasteiger partial charge on any atom is -0.494 e. The van der Waals surface area contributed by atoms with Crippen LogP contribution in [0, 0.1) is 6.92 Å². The van der Waals surface area contributed by atoms with Gasteiger partial charge in [-0.3, -0.25) is 9.36 Å². The number of rotatable bonds is 3. The van der Waals surface area contributed by atoms with Gasteiger partial charge in [-0.15, -0.1) is 0 Å². The molecule has 0 aliphatic carbocycles. The quantitative estimate of drug-likeness (QED) is 0.845. The van der Waals surface area contributed by atoms with E-state index in [4.69, 9.17) is 16.3 Å². The number of halogens is 2. The number of hydrogen-bond donors (Lipinski definition) is 0. The Morgan fingerprint density at radius 2 is 2.11 bits per heavy atom. The van der Waals surface area contributed by atoms with Crippen LogP contribution in [0.3, 0.4) is 0 Å². The van der Waals surface area contributed by atoms with Gasteiger partial charge in [-0.2, -0.15) is 0 Å². The molecule has 0 saturated carbocycles. The number of pyridine rings is 1. The van der Waals surface area contributed by atoms with Gasteiger partial charge in [0.2, 0.25) is 0 Å². The summed E-state index contributed by atoms with van der Waals surface area (Å²) in [6, 6.07) is 7.01. The van der Waals surface area contributed by atoms with Gasteiger partial charge in [-0.1, -0.05) is 11.6 Å². The molecule has 1 heterocycles. The van der Waals surface area contributed by atoms with Crippen LogP contribution < -0.4 is 10.3 Å². The number of hydrogen-bond acceptors (Lipinski definition) is 2. The maximum Gasteiger partial charge on any atom is 0.256 e. The van der Waals surface area contributed by atoms with E-state index >= 15 is 0 Å². The first-order valence-corrected chi connectivity index (χ1v) is 7.01. The van der Waals surface area contributed by atoms with Crippen molar-refractivity contribution in [3.8, 4) is 11.4 Å². The number of aromatic nitrogens is 1. The maximum absolute atomic E-state index is 12.0. The van der Waals surface area contributed by atoms with Gasteiger partial charge >= 0.3 is 0 Å². The largest absolute Gasteiger partial charge is 0.494 e. The third kappa shape index (κ3) is 3.01. The average molecular weight is 343 g/mol. The van der Waals surface area contributed by atoms with Gasteiger partial charge in [0.1, 0.15) is 5.75 Å². The summed E-state index contributed by atoms with van der Waals surface area (Å²) in [7, 11) is 0. The highest BCUT2D eigenvalue weighted by Crippen LogP contribution is 2.23. The summed E-state index contributed by atoms with van der Waals surface area (Å²) in [5, 5.41) is 0.407. The third-order valence-electron chi connectivity index (χ3n) is 2.70. The zero-order valence-electron chi connectivity index (χ0n) is 10.6. The Morgan fingerprint density at radius 1 is 1.37 bits per heavy atom. The minimum atomic E-state index is -0.166. The van der Waals surface area contributed by atoms with Gasteiger partial charge in [0, 0.05) is 12.3 Å². The van der Waals surface area contributed by atoms with Crippen molar-refractivity contribution in [1.82, 2.24) is 4.57 Å². The van der Waals surface area contributed by atoms with E-state index in [1.807, 2.05) is 32.0 Å². The zero-order valence-corrected chi connectivity index (χ0v) is 13.0. The van der Waals surface area contributed by atoms with E-state index in [-0.39, 0.29) is 5.56 Å². The van der Waals surface area contributed by atoms with E-state index in [2.05, 4.69) is 15.9 Å². The van der Waals surface area contributed by atoms with Gasteiger partial charge in [0.15, 0.2) is 0 Å². The van der Waals surface area contributed by atoms with Crippen LogP contribution in [0.2, 0.25) is 5.02 Å². The van der Waals surface area contributed by atoms with E-state index in [0.29, 0.717) is 16.1 Å². The molecule has 0 bridgehead atoms. The lowest BCUT2D eigenvalue weighted by molar-refractivity contribution is 0.340. The molecule has 3 nitrogen and oxygen atoms in total. The van der Waals surface area contributed by atoms with E-state index in [1.165, 1.54) is 6.07 Å². The van der Waals surface area contributed by atoms with Crippen molar-refractivity contribution in [2.24, 2.45) is 0 Å². The lowest BCUT2D eigenvalue weighted by Gasteiger charge is -2.12. The smallest absolute Gasteiger partial charge is 0.256 e. The van der Waals surface area contributed by atoms with E-state index in [1.54, 1.807) is 10.8 Å². The number of ether oxygens (including phenoxy) is 1. The summed E-state index contributed by atoms with van der Waals surface area (Å²) in [6.07, 6.45) is 1.67. The van der Waals surface area contributed by atoms with Crippen LogP contribution >= 0.6 is 27.5 Å². The summed E-state index contributed by atoms with van der Waals surface area (Å²) in [4.78, 5) is 12.0. The van der Waals surface area contributed by atoms with Crippen molar-refractivity contribution in [3.63, 3.8) is 0 Å². The molecule has 0 saturated heterocycles. The summed E-state index contributed by atoms with van der Waals surface area (Å²) in [5.74, 6) is 0.796. The second-order valence-corrected chi connectivity index (χ2v) is 5.32. The molecule has 0 amide bonds. The second kappa shape index (κ2) is 5.80. The summed E-state index contributed by atoms with van der Waals surface area (Å²) >= 11 is 9.22. The van der Waals surface area contributed by atoms with Crippen LogP contribution in [0.4, 0.5) is 0 Å². The first-order chi connectivity index (χ1) is 9.02. The highest BCUT2D eigenvalue weighted by atomic mass is 79.9. The Labute approximate surface area is 124 Å². The standard InChI is InChI=1S/C14H13BrClNO2/c1-3-19-10-4-5-13(9(2)6-10)17-8-11(15)12(16)7-14(17)18/h4-8H,3H2,1-2H3. The first-order valence-electron chi connectivity index (χ1n) is 5.84. The highest BCUT2D eigenvalue weighted by Gasteiger charge is 2.08. The molecule has 0 aliphatic heterocycles. The third-order valence-corrected chi connectivity index (χ3v) is 3.87. The fourth-order valence-electron chi connectivity index (χ4n) is 1.83.